The van der Waals surface area contributed by atoms with Gasteiger partial charge < -0.3 is 14.6 Å². The molecule has 1 aliphatic rings. The molecule has 27 heavy (non-hydrogen) atoms. The average molecular weight is 383 g/mol. The van der Waals surface area contributed by atoms with Gasteiger partial charge in [-0.25, -0.2) is 0 Å². The number of nitrogens with zero attached hydrogens (tertiary/aromatic N) is 2. The van der Waals surface area contributed by atoms with Gasteiger partial charge in [0, 0.05) is 50.0 Å². The van der Waals surface area contributed by atoms with Crippen LogP contribution in [0.25, 0.3) is 11.0 Å². The standard InChI is InChI=1S/C20H21N3O3S/c24-19(18-13-15-3-1-2-4-17(15)26-18)21-6-7-22-8-10-23(11-9-22)20(25)16-5-12-27-14-16/h1-5,12-14H,6-11H2,(H,21,24). The quantitative estimate of drug-likeness (QED) is 0.736. The summed E-state index contributed by atoms with van der Waals surface area (Å²) in [6.07, 6.45) is 0. The maximum absolute atomic E-state index is 12.3. The molecule has 1 saturated heterocycles. The minimum atomic E-state index is -0.197. The summed E-state index contributed by atoms with van der Waals surface area (Å²) in [6, 6.07) is 11.2. The summed E-state index contributed by atoms with van der Waals surface area (Å²) in [4.78, 5) is 28.8. The predicted molar refractivity (Wildman–Crippen MR) is 105 cm³/mol. The van der Waals surface area contributed by atoms with E-state index in [1.165, 1.54) is 11.3 Å². The molecule has 0 radical (unpaired) electrons. The highest BCUT2D eigenvalue weighted by atomic mass is 32.1. The van der Waals surface area contributed by atoms with Crippen LogP contribution in [0, 0.1) is 0 Å². The smallest absolute Gasteiger partial charge is 0.287 e. The molecule has 0 spiro atoms. The van der Waals surface area contributed by atoms with Crippen LogP contribution in [0.5, 0.6) is 0 Å². The molecular weight excluding hydrogens is 362 g/mol. The van der Waals surface area contributed by atoms with Crippen LogP contribution < -0.4 is 5.32 Å². The van der Waals surface area contributed by atoms with Crippen molar-refractivity contribution >= 4 is 34.1 Å². The Morgan fingerprint density at radius 1 is 1.11 bits per heavy atom. The molecule has 1 aromatic carbocycles. The van der Waals surface area contributed by atoms with Gasteiger partial charge in [0.2, 0.25) is 0 Å². The van der Waals surface area contributed by atoms with Crippen LogP contribution in [0.15, 0.2) is 51.6 Å². The van der Waals surface area contributed by atoms with Crippen molar-refractivity contribution < 1.29 is 14.0 Å². The Bertz CT molecular complexity index is 894. The number of nitrogens with one attached hydrogen (secondary N) is 1. The second-order valence-electron chi connectivity index (χ2n) is 6.55. The van der Waals surface area contributed by atoms with Gasteiger partial charge in [-0.05, 0) is 23.6 Å². The number of carbonyl (C=O) groups is 2. The molecular formula is C20H21N3O3S. The fourth-order valence-corrected chi connectivity index (χ4v) is 3.88. The Balaban J connectivity index is 1.22. The number of rotatable bonds is 5. The first kappa shape index (κ1) is 17.8. The largest absolute Gasteiger partial charge is 0.451 e. The van der Waals surface area contributed by atoms with Crippen LogP contribution in [0.1, 0.15) is 20.9 Å². The van der Waals surface area contributed by atoms with Gasteiger partial charge in [0.05, 0.1) is 5.56 Å². The fourth-order valence-electron chi connectivity index (χ4n) is 3.25. The maximum atomic E-state index is 12.3. The topological polar surface area (TPSA) is 65.8 Å². The maximum Gasteiger partial charge on any atom is 0.287 e. The molecule has 2 amide bonds. The van der Waals surface area contributed by atoms with Gasteiger partial charge in [-0.15, -0.1) is 0 Å². The molecule has 1 N–H and O–H groups in total. The summed E-state index contributed by atoms with van der Waals surface area (Å²) < 4.78 is 5.58. The average Bonchev–Trinajstić information content (AvgIpc) is 3.37. The Morgan fingerprint density at radius 3 is 2.67 bits per heavy atom. The lowest BCUT2D eigenvalue weighted by Crippen LogP contribution is -2.50. The number of hydrogen-bond acceptors (Lipinski definition) is 5. The first-order valence-corrected chi connectivity index (χ1v) is 9.95. The van der Waals surface area contributed by atoms with Crippen molar-refractivity contribution in [3.05, 3.63) is 58.5 Å². The lowest BCUT2D eigenvalue weighted by Gasteiger charge is -2.34. The molecule has 0 unspecified atom stereocenters. The summed E-state index contributed by atoms with van der Waals surface area (Å²) in [7, 11) is 0. The van der Waals surface area contributed by atoms with Gasteiger partial charge in [0.25, 0.3) is 11.8 Å². The molecule has 0 bridgehead atoms. The summed E-state index contributed by atoms with van der Waals surface area (Å²) in [5.41, 5.74) is 1.49. The molecule has 0 saturated carbocycles. The minimum absolute atomic E-state index is 0.106. The van der Waals surface area contributed by atoms with E-state index in [1.807, 2.05) is 46.0 Å². The molecule has 0 atom stereocenters. The predicted octanol–water partition coefficient (Wildman–Crippen LogP) is 2.68. The van der Waals surface area contributed by atoms with E-state index in [-0.39, 0.29) is 11.8 Å². The monoisotopic (exact) mass is 383 g/mol. The lowest BCUT2D eigenvalue weighted by atomic mass is 10.2. The molecule has 7 heteroatoms. The molecule has 6 nitrogen and oxygen atoms in total. The first-order valence-electron chi connectivity index (χ1n) is 9.01. The molecule has 0 aliphatic carbocycles. The van der Waals surface area contributed by atoms with Crippen molar-refractivity contribution in [2.45, 2.75) is 0 Å². The molecule has 4 rings (SSSR count). The summed E-state index contributed by atoms with van der Waals surface area (Å²) in [5, 5.41) is 7.65. The second kappa shape index (κ2) is 7.94. The van der Waals surface area contributed by atoms with Gasteiger partial charge in [-0.2, -0.15) is 11.3 Å². The highest BCUT2D eigenvalue weighted by Gasteiger charge is 2.22. The van der Waals surface area contributed by atoms with Crippen molar-refractivity contribution in [1.82, 2.24) is 15.1 Å². The second-order valence-corrected chi connectivity index (χ2v) is 7.33. The van der Waals surface area contributed by atoms with Gasteiger partial charge >= 0.3 is 0 Å². The van der Waals surface area contributed by atoms with E-state index in [0.29, 0.717) is 31.0 Å². The Kier molecular flexibility index (Phi) is 5.22. The Morgan fingerprint density at radius 2 is 1.93 bits per heavy atom. The van der Waals surface area contributed by atoms with E-state index in [1.54, 1.807) is 6.07 Å². The molecule has 2 aromatic heterocycles. The molecule has 3 aromatic rings. The summed E-state index contributed by atoms with van der Waals surface area (Å²) >= 11 is 1.54. The van der Waals surface area contributed by atoms with Crippen LogP contribution >= 0.6 is 11.3 Å². The third-order valence-electron chi connectivity index (χ3n) is 4.79. The highest BCUT2D eigenvalue weighted by molar-refractivity contribution is 7.08. The number of para-hydroxylation sites is 1. The SMILES string of the molecule is O=C(NCCN1CCN(C(=O)c2ccsc2)CC1)c1cc2ccccc2o1. The first-order chi connectivity index (χ1) is 13.2. The third-order valence-corrected chi connectivity index (χ3v) is 5.47. The fraction of sp³-hybridized carbons (Fsp3) is 0.300. The third kappa shape index (κ3) is 4.04. The van der Waals surface area contributed by atoms with Gasteiger partial charge in [-0.3, -0.25) is 14.5 Å². The number of thiophene rings is 1. The van der Waals surface area contributed by atoms with Crippen molar-refractivity contribution in [3.63, 3.8) is 0 Å². The molecule has 1 aliphatic heterocycles. The number of hydrogen-bond donors (Lipinski definition) is 1. The van der Waals surface area contributed by atoms with E-state index in [2.05, 4.69) is 10.2 Å². The van der Waals surface area contributed by atoms with E-state index in [0.717, 1.165) is 30.6 Å². The van der Waals surface area contributed by atoms with Gasteiger partial charge in [0.1, 0.15) is 5.58 Å². The molecule has 1 fully saturated rings. The molecule has 3 heterocycles. The van der Waals surface area contributed by atoms with Gasteiger partial charge in [0.15, 0.2) is 5.76 Å². The normalized spacial score (nSPS) is 15.2. The van der Waals surface area contributed by atoms with Crippen LogP contribution in [0.2, 0.25) is 0 Å². The van der Waals surface area contributed by atoms with Crippen molar-refractivity contribution in [2.24, 2.45) is 0 Å². The number of fused-ring (bicyclic) bond motifs is 1. The van der Waals surface area contributed by atoms with Crippen LogP contribution in [0.4, 0.5) is 0 Å². The van der Waals surface area contributed by atoms with Crippen LogP contribution in [-0.4, -0.2) is 60.9 Å². The zero-order chi connectivity index (χ0) is 18.6. The zero-order valence-corrected chi connectivity index (χ0v) is 15.7. The summed E-state index contributed by atoms with van der Waals surface area (Å²) in [6.45, 7) is 4.37. The van der Waals surface area contributed by atoms with E-state index >= 15 is 0 Å². The van der Waals surface area contributed by atoms with E-state index in [4.69, 9.17) is 4.42 Å². The Hall–Kier alpha value is -2.64. The zero-order valence-electron chi connectivity index (χ0n) is 14.9. The number of amides is 2. The number of benzene rings is 1. The van der Waals surface area contributed by atoms with Crippen molar-refractivity contribution in [3.8, 4) is 0 Å². The Labute approximate surface area is 161 Å². The van der Waals surface area contributed by atoms with Crippen molar-refractivity contribution in [1.29, 1.82) is 0 Å². The van der Waals surface area contributed by atoms with Crippen LogP contribution in [-0.2, 0) is 0 Å². The van der Waals surface area contributed by atoms with Gasteiger partial charge in [-0.1, -0.05) is 18.2 Å². The lowest BCUT2D eigenvalue weighted by molar-refractivity contribution is 0.0638. The highest BCUT2D eigenvalue weighted by Crippen LogP contribution is 2.18. The van der Waals surface area contributed by atoms with Crippen LogP contribution in [0.3, 0.4) is 0 Å². The summed E-state index contributed by atoms with van der Waals surface area (Å²) in [5.74, 6) is 0.244. The minimum Gasteiger partial charge on any atom is -0.451 e. The van der Waals surface area contributed by atoms with E-state index in [9.17, 15) is 9.59 Å². The number of carbonyl (C=O) groups excluding carboxylic acids is 2. The van der Waals surface area contributed by atoms with E-state index < -0.39 is 0 Å². The van der Waals surface area contributed by atoms with Crippen molar-refractivity contribution in [2.75, 3.05) is 39.3 Å². The number of furan rings is 1. The molecule has 140 valence electrons. The number of piperazine rings is 1.